The number of rotatable bonds is 4. The topological polar surface area (TPSA) is 92.5 Å². The van der Waals surface area contributed by atoms with E-state index in [2.05, 4.69) is 5.32 Å². The van der Waals surface area contributed by atoms with Crippen molar-refractivity contribution in [3.8, 4) is 0 Å². The summed E-state index contributed by atoms with van der Waals surface area (Å²) < 4.78 is 0. The van der Waals surface area contributed by atoms with Crippen LogP contribution < -0.4 is 16.0 Å². The summed E-state index contributed by atoms with van der Waals surface area (Å²) in [4.78, 5) is 37.7. The van der Waals surface area contributed by atoms with E-state index in [9.17, 15) is 14.4 Å². The van der Waals surface area contributed by atoms with E-state index in [-0.39, 0.29) is 42.4 Å². The molecule has 0 unspecified atom stereocenters. The zero-order valence-corrected chi connectivity index (χ0v) is 13.9. The summed E-state index contributed by atoms with van der Waals surface area (Å²) in [5.41, 5.74) is 7.75. The first-order valence-corrected chi connectivity index (χ1v) is 8.48. The molecule has 1 heterocycles. The molecule has 0 spiro atoms. The molecular weight excluding hydrogens is 306 g/mol. The first-order valence-electron chi connectivity index (χ1n) is 8.48. The largest absolute Gasteiger partial charge is 0.330 e. The van der Waals surface area contributed by atoms with Gasteiger partial charge in [-0.3, -0.25) is 19.3 Å². The van der Waals surface area contributed by atoms with Crippen molar-refractivity contribution in [3.05, 3.63) is 23.8 Å². The molecule has 1 aromatic rings. The normalized spacial score (nSPS) is 23.8. The lowest BCUT2D eigenvalue weighted by molar-refractivity contribution is -0.122. The Hall–Kier alpha value is -2.21. The van der Waals surface area contributed by atoms with E-state index in [1.807, 2.05) is 13.0 Å². The van der Waals surface area contributed by atoms with Crippen molar-refractivity contribution in [2.24, 2.45) is 17.6 Å². The van der Waals surface area contributed by atoms with Crippen molar-refractivity contribution in [2.45, 2.75) is 39.0 Å². The molecule has 0 bridgehead atoms. The number of aryl methyl sites for hydroxylation is 1. The van der Waals surface area contributed by atoms with Crippen molar-refractivity contribution >= 4 is 29.1 Å². The number of anilines is 2. The summed E-state index contributed by atoms with van der Waals surface area (Å²) in [7, 11) is 0. The van der Waals surface area contributed by atoms with Gasteiger partial charge in [0.25, 0.3) is 0 Å². The highest BCUT2D eigenvalue weighted by molar-refractivity contribution is 6.20. The van der Waals surface area contributed by atoms with Gasteiger partial charge in [-0.15, -0.1) is 0 Å². The summed E-state index contributed by atoms with van der Waals surface area (Å²) in [5, 5.41) is 2.93. The molecule has 2 atom stereocenters. The fourth-order valence-electron chi connectivity index (χ4n) is 3.67. The van der Waals surface area contributed by atoms with Crippen molar-refractivity contribution in [1.29, 1.82) is 0 Å². The highest BCUT2D eigenvalue weighted by atomic mass is 16.2. The summed E-state index contributed by atoms with van der Waals surface area (Å²) >= 11 is 0. The Morgan fingerprint density at radius 1 is 1.25 bits per heavy atom. The maximum Gasteiger partial charge on any atom is 0.234 e. The summed E-state index contributed by atoms with van der Waals surface area (Å²) in [6.45, 7) is 2.37. The van der Waals surface area contributed by atoms with Gasteiger partial charge in [-0.05, 0) is 49.9 Å². The summed E-state index contributed by atoms with van der Waals surface area (Å²) in [5.74, 6) is -0.237. The standard InChI is InChI=1S/C18H23N3O3/c1-11-5-6-13(9-15(11)21-16(22)7-8-17(21)23)20-18(24)14-4-2-3-12(14)10-19/h5-6,9,12,14H,2-4,7-8,10,19H2,1H3,(H,20,24)/t12-,14-/m1/s1. The maximum absolute atomic E-state index is 12.5. The predicted octanol–water partition coefficient (Wildman–Crippen LogP) is 1.96. The Morgan fingerprint density at radius 2 is 1.96 bits per heavy atom. The number of nitrogens with one attached hydrogen (secondary N) is 1. The third-order valence-electron chi connectivity index (χ3n) is 5.07. The third-order valence-corrected chi connectivity index (χ3v) is 5.07. The molecule has 0 radical (unpaired) electrons. The third kappa shape index (κ3) is 3.06. The van der Waals surface area contributed by atoms with Crippen LogP contribution in [0.2, 0.25) is 0 Å². The Balaban J connectivity index is 1.80. The van der Waals surface area contributed by atoms with E-state index >= 15 is 0 Å². The number of imide groups is 1. The first-order chi connectivity index (χ1) is 11.5. The Kier molecular flexibility index (Phi) is 4.66. The zero-order chi connectivity index (χ0) is 17.3. The summed E-state index contributed by atoms with van der Waals surface area (Å²) in [6.07, 6.45) is 3.36. The second-order valence-corrected chi connectivity index (χ2v) is 6.65. The first kappa shape index (κ1) is 16.6. The Bertz CT molecular complexity index is 670. The monoisotopic (exact) mass is 329 g/mol. The number of carbonyl (C=O) groups is 3. The van der Waals surface area contributed by atoms with E-state index in [1.165, 1.54) is 4.90 Å². The van der Waals surface area contributed by atoms with Crippen molar-refractivity contribution in [3.63, 3.8) is 0 Å². The van der Waals surface area contributed by atoms with Gasteiger partial charge in [0.15, 0.2) is 0 Å². The maximum atomic E-state index is 12.5. The number of hydrogen-bond acceptors (Lipinski definition) is 4. The minimum absolute atomic E-state index is 0.0307. The number of nitrogens with zero attached hydrogens (tertiary/aromatic N) is 1. The van der Waals surface area contributed by atoms with Crippen LogP contribution in [0.4, 0.5) is 11.4 Å². The lowest BCUT2D eigenvalue weighted by Gasteiger charge is -2.20. The average molecular weight is 329 g/mol. The molecular formula is C18H23N3O3. The molecule has 1 saturated heterocycles. The second kappa shape index (κ2) is 6.73. The number of hydrogen-bond donors (Lipinski definition) is 2. The zero-order valence-electron chi connectivity index (χ0n) is 13.9. The fourth-order valence-corrected chi connectivity index (χ4v) is 3.67. The van der Waals surface area contributed by atoms with Crippen molar-refractivity contribution in [2.75, 3.05) is 16.8 Å². The molecule has 6 nitrogen and oxygen atoms in total. The molecule has 6 heteroatoms. The number of amides is 3. The van der Waals surface area contributed by atoms with E-state index in [0.29, 0.717) is 17.9 Å². The van der Waals surface area contributed by atoms with Crippen LogP contribution in [0.3, 0.4) is 0 Å². The van der Waals surface area contributed by atoms with Gasteiger partial charge in [0.2, 0.25) is 17.7 Å². The van der Waals surface area contributed by atoms with Gasteiger partial charge < -0.3 is 11.1 Å². The minimum atomic E-state index is -0.189. The van der Waals surface area contributed by atoms with Crippen LogP contribution in [0.25, 0.3) is 0 Å². The molecule has 128 valence electrons. The van der Waals surface area contributed by atoms with Gasteiger partial charge >= 0.3 is 0 Å². The lowest BCUT2D eigenvalue weighted by atomic mass is 9.95. The molecule has 1 aliphatic heterocycles. The van der Waals surface area contributed by atoms with Gasteiger partial charge in [0, 0.05) is 24.4 Å². The van der Waals surface area contributed by atoms with E-state index in [4.69, 9.17) is 5.73 Å². The molecule has 1 aromatic carbocycles. The summed E-state index contributed by atoms with van der Waals surface area (Å²) in [6, 6.07) is 5.33. The van der Waals surface area contributed by atoms with E-state index in [1.54, 1.807) is 12.1 Å². The highest BCUT2D eigenvalue weighted by Gasteiger charge is 2.33. The van der Waals surface area contributed by atoms with Crippen molar-refractivity contribution in [1.82, 2.24) is 0 Å². The quantitative estimate of drug-likeness (QED) is 0.826. The Morgan fingerprint density at radius 3 is 2.62 bits per heavy atom. The molecule has 24 heavy (non-hydrogen) atoms. The van der Waals surface area contributed by atoms with Gasteiger partial charge in [-0.2, -0.15) is 0 Å². The molecule has 3 amide bonds. The Labute approximate surface area is 141 Å². The fraction of sp³-hybridized carbons (Fsp3) is 0.500. The molecule has 0 aromatic heterocycles. The van der Waals surface area contributed by atoms with Crippen LogP contribution >= 0.6 is 0 Å². The van der Waals surface area contributed by atoms with Crippen molar-refractivity contribution < 1.29 is 14.4 Å². The molecule has 2 aliphatic rings. The van der Waals surface area contributed by atoms with Crippen LogP contribution in [0, 0.1) is 18.8 Å². The van der Waals surface area contributed by atoms with E-state index < -0.39 is 0 Å². The molecule has 2 fully saturated rings. The van der Waals surface area contributed by atoms with Crippen LogP contribution in [0.15, 0.2) is 18.2 Å². The van der Waals surface area contributed by atoms with E-state index in [0.717, 1.165) is 24.8 Å². The highest BCUT2D eigenvalue weighted by Crippen LogP contribution is 2.33. The van der Waals surface area contributed by atoms with Crippen LogP contribution in [0.5, 0.6) is 0 Å². The second-order valence-electron chi connectivity index (χ2n) is 6.65. The minimum Gasteiger partial charge on any atom is -0.330 e. The number of carbonyl (C=O) groups excluding carboxylic acids is 3. The smallest absolute Gasteiger partial charge is 0.234 e. The SMILES string of the molecule is Cc1ccc(NC(=O)[C@@H]2CCC[C@@H]2CN)cc1N1C(=O)CCC1=O. The average Bonchev–Trinajstić information content (AvgIpc) is 3.16. The molecule has 3 rings (SSSR count). The predicted molar refractivity (Wildman–Crippen MR) is 91.4 cm³/mol. The number of benzene rings is 1. The van der Waals surface area contributed by atoms with Crippen LogP contribution in [-0.4, -0.2) is 24.3 Å². The van der Waals surface area contributed by atoms with Gasteiger partial charge in [0.05, 0.1) is 5.69 Å². The van der Waals surface area contributed by atoms with Crippen LogP contribution in [-0.2, 0) is 14.4 Å². The van der Waals surface area contributed by atoms with Gasteiger partial charge in [-0.25, -0.2) is 0 Å². The lowest BCUT2D eigenvalue weighted by Crippen LogP contribution is -2.31. The molecule has 1 saturated carbocycles. The van der Waals surface area contributed by atoms with Crippen LogP contribution in [0.1, 0.15) is 37.7 Å². The number of nitrogens with two attached hydrogens (primary N) is 1. The van der Waals surface area contributed by atoms with Gasteiger partial charge in [-0.1, -0.05) is 12.5 Å². The van der Waals surface area contributed by atoms with Gasteiger partial charge in [0.1, 0.15) is 0 Å². The molecule has 1 aliphatic carbocycles. The molecule has 3 N–H and O–H groups in total.